The second kappa shape index (κ2) is 11.8. The number of imidazole rings is 1. The molecule has 4 aromatic rings. The molecule has 2 aromatic carbocycles. The summed E-state index contributed by atoms with van der Waals surface area (Å²) in [7, 11) is 3.41. The quantitative estimate of drug-likeness (QED) is 0.219. The highest BCUT2D eigenvalue weighted by atomic mass is 19.4. The van der Waals surface area contributed by atoms with Gasteiger partial charge in [-0.25, -0.2) is 19.7 Å². The SMILES string of the molecule is CC(C)c1ccccc1-c1nc2c(c(N(Cc3ccc(-c4nc(C(F)(F)F)cn4C(C)C)cc3)C(=O)N(C)C)n1)CCC2. The number of aryl methyl sites for hydroxylation is 1. The van der Waals surface area contributed by atoms with Gasteiger partial charge in [-0.3, -0.25) is 4.90 Å². The Hall–Kier alpha value is -4.21. The zero-order valence-corrected chi connectivity index (χ0v) is 25.4. The summed E-state index contributed by atoms with van der Waals surface area (Å²) in [5.74, 6) is 1.72. The van der Waals surface area contributed by atoms with Gasteiger partial charge in [0.25, 0.3) is 0 Å². The summed E-state index contributed by atoms with van der Waals surface area (Å²) in [4.78, 5) is 30.7. The fraction of sp³-hybridized carbons (Fsp3) is 0.394. The van der Waals surface area contributed by atoms with E-state index in [1.165, 1.54) is 9.47 Å². The van der Waals surface area contributed by atoms with E-state index in [-0.39, 0.29) is 30.4 Å². The van der Waals surface area contributed by atoms with E-state index < -0.39 is 11.9 Å². The molecule has 43 heavy (non-hydrogen) atoms. The molecule has 1 aliphatic carbocycles. The average Bonchev–Trinajstić information content (AvgIpc) is 3.63. The van der Waals surface area contributed by atoms with Crippen LogP contribution < -0.4 is 4.90 Å². The Morgan fingerprint density at radius 1 is 0.953 bits per heavy atom. The maximum absolute atomic E-state index is 13.6. The number of benzene rings is 2. The summed E-state index contributed by atoms with van der Waals surface area (Å²) in [6.07, 6.45) is -0.938. The van der Waals surface area contributed by atoms with Crippen molar-refractivity contribution in [3.8, 4) is 22.8 Å². The van der Waals surface area contributed by atoms with E-state index in [2.05, 4.69) is 24.9 Å². The molecule has 0 N–H and O–H groups in total. The predicted molar refractivity (Wildman–Crippen MR) is 162 cm³/mol. The smallest absolute Gasteiger partial charge is 0.330 e. The molecule has 0 saturated carbocycles. The number of urea groups is 1. The van der Waals surface area contributed by atoms with Crippen LogP contribution >= 0.6 is 0 Å². The van der Waals surface area contributed by atoms with Crippen molar-refractivity contribution in [2.75, 3.05) is 19.0 Å². The van der Waals surface area contributed by atoms with Crippen molar-refractivity contribution in [2.45, 2.75) is 71.6 Å². The summed E-state index contributed by atoms with van der Waals surface area (Å²) < 4.78 is 41.8. The van der Waals surface area contributed by atoms with Gasteiger partial charge >= 0.3 is 12.2 Å². The molecular weight excluding hydrogens is 553 g/mol. The number of hydrogen-bond donors (Lipinski definition) is 0. The first-order chi connectivity index (χ1) is 20.3. The highest BCUT2D eigenvalue weighted by molar-refractivity contribution is 5.92. The molecule has 0 atom stereocenters. The molecular formula is C33H37F3N6O. The molecule has 226 valence electrons. The highest BCUT2D eigenvalue weighted by Gasteiger charge is 2.35. The second-order valence-electron chi connectivity index (χ2n) is 11.8. The third-order valence-corrected chi connectivity index (χ3v) is 7.74. The van der Waals surface area contributed by atoms with Crippen molar-refractivity contribution < 1.29 is 18.0 Å². The molecule has 1 aliphatic rings. The number of nitrogens with zero attached hydrogens (tertiary/aromatic N) is 6. The van der Waals surface area contributed by atoms with E-state index in [1.54, 1.807) is 31.1 Å². The van der Waals surface area contributed by atoms with Crippen LogP contribution in [0.1, 0.15) is 74.2 Å². The van der Waals surface area contributed by atoms with Crippen LogP contribution in [-0.4, -0.2) is 44.5 Å². The van der Waals surface area contributed by atoms with E-state index in [4.69, 9.17) is 9.97 Å². The van der Waals surface area contributed by atoms with Gasteiger partial charge in [-0.1, -0.05) is 62.4 Å². The third kappa shape index (κ3) is 6.14. The van der Waals surface area contributed by atoms with Gasteiger partial charge in [-0.2, -0.15) is 13.2 Å². The number of amides is 2. The number of halogens is 3. The minimum Gasteiger partial charge on any atom is -0.330 e. The molecule has 0 unspecified atom stereocenters. The average molecular weight is 591 g/mol. The Bertz CT molecular complexity index is 1620. The highest BCUT2D eigenvalue weighted by Crippen LogP contribution is 2.36. The molecule has 0 saturated heterocycles. The van der Waals surface area contributed by atoms with E-state index >= 15 is 0 Å². The fourth-order valence-corrected chi connectivity index (χ4v) is 5.51. The standard InChI is InChI=1S/C33H37F3N6O/c1-20(2)24-10-7-8-11-25(24)29-37-27-13-9-12-26(27)31(39-29)42(32(43)40(5)6)18-22-14-16-23(17-15-22)30-38-28(33(34,35)36)19-41(30)21(3)4/h7-8,10-11,14-17,19-21H,9,12-13,18H2,1-6H3. The van der Waals surface area contributed by atoms with Crippen LogP contribution in [0.3, 0.4) is 0 Å². The zero-order valence-electron chi connectivity index (χ0n) is 25.4. The largest absolute Gasteiger partial charge is 0.434 e. The Labute approximate surface area is 250 Å². The predicted octanol–water partition coefficient (Wildman–Crippen LogP) is 7.91. The monoisotopic (exact) mass is 590 g/mol. The number of fused-ring (bicyclic) bond motifs is 1. The van der Waals surface area contributed by atoms with Gasteiger partial charge in [0.15, 0.2) is 11.5 Å². The first kappa shape index (κ1) is 30.3. The van der Waals surface area contributed by atoms with Crippen molar-refractivity contribution >= 4 is 11.8 Å². The maximum Gasteiger partial charge on any atom is 0.434 e. The van der Waals surface area contributed by atoms with Crippen molar-refractivity contribution in [1.29, 1.82) is 0 Å². The number of aromatic nitrogens is 4. The Kier molecular flexibility index (Phi) is 8.31. The van der Waals surface area contributed by atoms with Crippen LogP contribution in [0.2, 0.25) is 0 Å². The minimum absolute atomic E-state index is 0.207. The van der Waals surface area contributed by atoms with Gasteiger partial charge < -0.3 is 9.47 Å². The lowest BCUT2D eigenvalue weighted by atomic mass is 9.96. The molecule has 10 heteroatoms. The molecule has 0 fully saturated rings. The number of anilines is 1. The first-order valence-corrected chi connectivity index (χ1v) is 14.6. The van der Waals surface area contributed by atoms with Gasteiger partial charge in [-0.15, -0.1) is 0 Å². The molecule has 2 heterocycles. The van der Waals surface area contributed by atoms with Crippen LogP contribution in [0.15, 0.2) is 54.7 Å². The number of alkyl halides is 3. The van der Waals surface area contributed by atoms with Gasteiger partial charge in [0, 0.05) is 48.7 Å². The lowest BCUT2D eigenvalue weighted by Gasteiger charge is -2.28. The number of carbonyl (C=O) groups is 1. The molecule has 0 radical (unpaired) electrons. The summed E-state index contributed by atoms with van der Waals surface area (Å²) in [5, 5.41) is 0. The van der Waals surface area contributed by atoms with Crippen LogP contribution in [-0.2, 0) is 25.6 Å². The molecule has 2 amide bonds. The second-order valence-corrected chi connectivity index (χ2v) is 11.8. The topological polar surface area (TPSA) is 67.2 Å². The van der Waals surface area contributed by atoms with Gasteiger partial charge in [0.1, 0.15) is 11.6 Å². The lowest BCUT2D eigenvalue weighted by Crippen LogP contribution is -2.40. The Morgan fingerprint density at radius 2 is 1.65 bits per heavy atom. The fourth-order valence-electron chi connectivity index (χ4n) is 5.51. The van der Waals surface area contributed by atoms with Crippen LogP contribution in [0.4, 0.5) is 23.8 Å². The number of rotatable bonds is 7. The minimum atomic E-state index is -4.53. The normalized spacial score (nSPS) is 13.1. The molecule has 0 bridgehead atoms. The molecule has 5 rings (SSSR count). The summed E-state index contributed by atoms with van der Waals surface area (Å²) >= 11 is 0. The first-order valence-electron chi connectivity index (χ1n) is 14.6. The van der Waals surface area contributed by atoms with E-state index in [0.717, 1.165) is 53.4 Å². The van der Waals surface area contributed by atoms with Crippen LogP contribution in [0.5, 0.6) is 0 Å². The van der Waals surface area contributed by atoms with Gasteiger partial charge in [-0.05, 0) is 50.2 Å². The summed E-state index contributed by atoms with van der Waals surface area (Å²) in [6, 6.07) is 14.8. The molecule has 7 nitrogen and oxygen atoms in total. The van der Waals surface area contributed by atoms with Gasteiger partial charge in [0.05, 0.1) is 6.54 Å². The van der Waals surface area contributed by atoms with Crippen LogP contribution in [0.25, 0.3) is 22.8 Å². The Morgan fingerprint density at radius 3 is 2.28 bits per heavy atom. The van der Waals surface area contributed by atoms with Crippen LogP contribution in [0, 0.1) is 0 Å². The summed E-state index contributed by atoms with van der Waals surface area (Å²) in [6.45, 7) is 8.14. The lowest BCUT2D eigenvalue weighted by molar-refractivity contribution is -0.140. The van der Waals surface area contributed by atoms with Crippen molar-refractivity contribution in [2.24, 2.45) is 0 Å². The van der Waals surface area contributed by atoms with Gasteiger partial charge in [0.2, 0.25) is 0 Å². The summed E-state index contributed by atoms with van der Waals surface area (Å²) in [5.41, 5.74) is 4.49. The van der Waals surface area contributed by atoms with Crippen molar-refractivity contribution in [1.82, 2.24) is 24.4 Å². The van der Waals surface area contributed by atoms with Crippen molar-refractivity contribution in [3.63, 3.8) is 0 Å². The van der Waals surface area contributed by atoms with E-state index in [9.17, 15) is 18.0 Å². The number of hydrogen-bond acceptors (Lipinski definition) is 4. The molecule has 0 aliphatic heterocycles. The maximum atomic E-state index is 13.6. The molecule has 2 aromatic heterocycles. The third-order valence-electron chi connectivity index (χ3n) is 7.74. The number of carbonyl (C=O) groups excluding carboxylic acids is 1. The molecule has 0 spiro atoms. The van der Waals surface area contributed by atoms with E-state index in [1.807, 2.05) is 44.2 Å². The Balaban J connectivity index is 1.54. The zero-order chi connectivity index (χ0) is 31.1. The van der Waals surface area contributed by atoms with Crippen molar-refractivity contribution in [3.05, 3.63) is 82.8 Å². The van der Waals surface area contributed by atoms with E-state index in [0.29, 0.717) is 17.2 Å².